The van der Waals surface area contributed by atoms with E-state index in [1.165, 1.54) is 19.3 Å². The van der Waals surface area contributed by atoms with Crippen molar-refractivity contribution in [1.29, 1.82) is 0 Å². The fourth-order valence-electron chi connectivity index (χ4n) is 2.51. The van der Waals surface area contributed by atoms with Crippen molar-refractivity contribution >= 4 is 17.5 Å². The molecule has 1 heterocycles. The predicted octanol–water partition coefficient (Wildman–Crippen LogP) is 1.62. The first-order chi connectivity index (χ1) is 9.56. The van der Waals surface area contributed by atoms with E-state index < -0.39 is 6.09 Å². The quantitative estimate of drug-likeness (QED) is 0.728. The van der Waals surface area contributed by atoms with Crippen molar-refractivity contribution in [2.24, 2.45) is 5.73 Å². The van der Waals surface area contributed by atoms with E-state index in [2.05, 4.69) is 17.3 Å². The lowest BCUT2D eigenvalue weighted by Crippen LogP contribution is -2.40. The molecule has 1 aromatic carbocycles. The van der Waals surface area contributed by atoms with Gasteiger partial charge in [-0.05, 0) is 38.6 Å². The molecule has 1 atom stereocenters. The number of nitrogen functional groups attached to an aromatic ring is 1. The van der Waals surface area contributed by atoms with Crippen LogP contribution in [-0.4, -0.2) is 37.2 Å². The Hall–Kier alpha value is -1.95. The van der Waals surface area contributed by atoms with Crippen LogP contribution in [0.2, 0.25) is 0 Å². The van der Waals surface area contributed by atoms with E-state index in [0.29, 0.717) is 17.5 Å². The number of likely N-dealkylation sites (N-methyl/N-ethyl adjacent to an activating group) is 1. The van der Waals surface area contributed by atoms with E-state index in [1.807, 2.05) is 0 Å². The maximum absolute atomic E-state index is 10.7. The maximum atomic E-state index is 10.7. The zero-order valence-electron chi connectivity index (χ0n) is 11.8. The number of hydrogen-bond acceptors (Lipinski definition) is 5. The van der Waals surface area contributed by atoms with Gasteiger partial charge in [0.25, 0.3) is 0 Å². The predicted molar refractivity (Wildman–Crippen MR) is 79.8 cm³/mol. The van der Waals surface area contributed by atoms with Gasteiger partial charge in [-0.25, -0.2) is 4.79 Å². The molecule has 6 nitrogen and oxygen atoms in total. The van der Waals surface area contributed by atoms with Crippen LogP contribution in [0.1, 0.15) is 19.3 Å². The largest absolute Gasteiger partial charge is 0.410 e. The Morgan fingerprint density at radius 3 is 2.95 bits per heavy atom. The van der Waals surface area contributed by atoms with Crippen LogP contribution in [0.25, 0.3) is 0 Å². The number of carbonyl (C=O) groups excluding carboxylic acids is 1. The monoisotopic (exact) mass is 278 g/mol. The normalized spacial score (nSPS) is 19.6. The molecule has 1 aliphatic rings. The number of hydrogen-bond donors (Lipinski definition) is 3. The number of nitrogens with one attached hydrogen (secondary N) is 1. The first-order valence-corrected chi connectivity index (χ1v) is 6.87. The first kappa shape index (κ1) is 14.5. The molecule has 1 saturated heterocycles. The van der Waals surface area contributed by atoms with Gasteiger partial charge in [0.2, 0.25) is 0 Å². The number of benzene rings is 1. The summed E-state index contributed by atoms with van der Waals surface area (Å²) in [5.41, 5.74) is 12.3. The fraction of sp³-hybridized carbons (Fsp3) is 0.500. The minimum Gasteiger partial charge on any atom is -0.410 e. The summed E-state index contributed by atoms with van der Waals surface area (Å²) in [4.78, 5) is 13.0. The van der Waals surface area contributed by atoms with Gasteiger partial charge in [-0.1, -0.05) is 6.42 Å². The third-order valence-electron chi connectivity index (χ3n) is 3.69. The van der Waals surface area contributed by atoms with Gasteiger partial charge in [-0.15, -0.1) is 0 Å². The Morgan fingerprint density at radius 2 is 2.30 bits per heavy atom. The Morgan fingerprint density at radius 1 is 1.50 bits per heavy atom. The van der Waals surface area contributed by atoms with Crippen LogP contribution >= 0.6 is 0 Å². The first-order valence-electron chi connectivity index (χ1n) is 6.87. The second-order valence-corrected chi connectivity index (χ2v) is 5.18. The molecule has 5 N–H and O–H groups in total. The highest BCUT2D eigenvalue weighted by molar-refractivity contribution is 5.72. The molecule has 0 radical (unpaired) electrons. The third kappa shape index (κ3) is 3.77. The molecule has 1 aliphatic heterocycles. The summed E-state index contributed by atoms with van der Waals surface area (Å²) in [6.07, 6.45) is 2.91. The lowest BCUT2D eigenvalue weighted by atomic mass is 10.0. The zero-order valence-corrected chi connectivity index (χ0v) is 11.8. The van der Waals surface area contributed by atoms with Gasteiger partial charge in [-0.2, -0.15) is 0 Å². The molecule has 0 spiro atoms. The molecule has 6 heteroatoms. The van der Waals surface area contributed by atoms with Gasteiger partial charge in [0.15, 0.2) is 0 Å². The molecule has 0 bridgehead atoms. The molecule has 1 aromatic rings. The standard InChI is InChI=1S/C14H22N4O2/c1-18-7-3-2-4-10(18)9-17-13-6-5-11(8-12(13)15)20-14(16)19/h5-6,8,10,17H,2-4,7,9,15H2,1H3,(H2,16,19). The highest BCUT2D eigenvalue weighted by Crippen LogP contribution is 2.25. The van der Waals surface area contributed by atoms with Crippen molar-refractivity contribution < 1.29 is 9.53 Å². The number of ether oxygens (including phenoxy) is 1. The number of carbonyl (C=O) groups is 1. The fourth-order valence-corrected chi connectivity index (χ4v) is 2.51. The number of likely N-dealkylation sites (tertiary alicyclic amines) is 1. The maximum Gasteiger partial charge on any atom is 0.409 e. The Labute approximate surface area is 119 Å². The van der Waals surface area contributed by atoms with Gasteiger partial charge < -0.3 is 26.4 Å². The molecule has 0 saturated carbocycles. The van der Waals surface area contributed by atoms with Gasteiger partial charge in [0, 0.05) is 18.7 Å². The summed E-state index contributed by atoms with van der Waals surface area (Å²) in [5.74, 6) is 0.357. The lowest BCUT2D eigenvalue weighted by molar-refractivity contribution is 0.194. The number of amides is 1. The summed E-state index contributed by atoms with van der Waals surface area (Å²) in [6.45, 7) is 2.00. The van der Waals surface area contributed by atoms with E-state index >= 15 is 0 Å². The van der Waals surface area contributed by atoms with Crippen LogP contribution in [0, 0.1) is 0 Å². The molecule has 2 rings (SSSR count). The average molecular weight is 278 g/mol. The number of anilines is 2. The molecule has 1 amide bonds. The third-order valence-corrected chi connectivity index (χ3v) is 3.69. The Balaban J connectivity index is 1.94. The molecule has 0 aromatic heterocycles. The average Bonchev–Trinajstić information content (AvgIpc) is 2.39. The highest BCUT2D eigenvalue weighted by atomic mass is 16.5. The summed E-state index contributed by atoms with van der Waals surface area (Å²) in [5, 5.41) is 3.36. The Bertz CT molecular complexity index is 478. The summed E-state index contributed by atoms with van der Waals surface area (Å²) in [7, 11) is 2.15. The van der Waals surface area contributed by atoms with Crippen molar-refractivity contribution in [1.82, 2.24) is 4.90 Å². The van der Waals surface area contributed by atoms with E-state index in [1.54, 1.807) is 18.2 Å². The second-order valence-electron chi connectivity index (χ2n) is 5.18. The molecule has 0 aliphatic carbocycles. The number of nitrogens with two attached hydrogens (primary N) is 2. The lowest BCUT2D eigenvalue weighted by Gasteiger charge is -2.32. The Kier molecular flexibility index (Phi) is 4.68. The smallest absolute Gasteiger partial charge is 0.409 e. The van der Waals surface area contributed by atoms with Crippen LogP contribution < -0.4 is 21.5 Å². The molecule has 110 valence electrons. The summed E-state index contributed by atoms with van der Waals surface area (Å²) < 4.78 is 4.78. The van der Waals surface area contributed by atoms with Crippen molar-refractivity contribution in [2.45, 2.75) is 25.3 Å². The van der Waals surface area contributed by atoms with Gasteiger partial charge in [0.1, 0.15) is 5.75 Å². The topological polar surface area (TPSA) is 93.6 Å². The van der Waals surface area contributed by atoms with Crippen molar-refractivity contribution in [2.75, 3.05) is 31.2 Å². The van der Waals surface area contributed by atoms with Crippen LogP contribution in [-0.2, 0) is 0 Å². The van der Waals surface area contributed by atoms with Crippen LogP contribution in [0.3, 0.4) is 0 Å². The van der Waals surface area contributed by atoms with E-state index in [0.717, 1.165) is 18.8 Å². The van der Waals surface area contributed by atoms with Gasteiger partial charge >= 0.3 is 6.09 Å². The van der Waals surface area contributed by atoms with E-state index in [-0.39, 0.29) is 0 Å². The second kappa shape index (κ2) is 6.47. The van der Waals surface area contributed by atoms with Gasteiger partial charge in [-0.3, -0.25) is 0 Å². The van der Waals surface area contributed by atoms with E-state index in [9.17, 15) is 4.79 Å². The number of nitrogens with zero attached hydrogens (tertiary/aromatic N) is 1. The molecule has 20 heavy (non-hydrogen) atoms. The minimum atomic E-state index is -0.839. The van der Waals surface area contributed by atoms with Crippen molar-refractivity contribution in [3.8, 4) is 5.75 Å². The molecular weight excluding hydrogens is 256 g/mol. The number of rotatable bonds is 4. The highest BCUT2D eigenvalue weighted by Gasteiger charge is 2.18. The summed E-state index contributed by atoms with van der Waals surface area (Å²) in [6, 6.07) is 5.60. The van der Waals surface area contributed by atoms with Crippen LogP contribution in [0.5, 0.6) is 5.75 Å². The zero-order chi connectivity index (χ0) is 14.5. The van der Waals surface area contributed by atoms with Crippen molar-refractivity contribution in [3.63, 3.8) is 0 Å². The minimum absolute atomic E-state index is 0.357. The summed E-state index contributed by atoms with van der Waals surface area (Å²) >= 11 is 0. The number of piperidine rings is 1. The van der Waals surface area contributed by atoms with Gasteiger partial charge in [0.05, 0.1) is 11.4 Å². The van der Waals surface area contributed by atoms with E-state index in [4.69, 9.17) is 16.2 Å². The van der Waals surface area contributed by atoms with Crippen LogP contribution in [0.15, 0.2) is 18.2 Å². The van der Waals surface area contributed by atoms with Crippen LogP contribution in [0.4, 0.5) is 16.2 Å². The number of primary amides is 1. The molecule has 1 fully saturated rings. The van der Waals surface area contributed by atoms with Crippen molar-refractivity contribution in [3.05, 3.63) is 18.2 Å². The molecular formula is C14H22N4O2. The molecule has 1 unspecified atom stereocenters. The SMILES string of the molecule is CN1CCCCC1CNc1ccc(OC(N)=O)cc1N.